The lowest BCUT2D eigenvalue weighted by Gasteiger charge is -2.12. The van der Waals surface area contributed by atoms with E-state index in [0.29, 0.717) is 5.69 Å². The van der Waals surface area contributed by atoms with Gasteiger partial charge in [-0.2, -0.15) is 0 Å². The first-order valence-corrected chi connectivity index (χ1v) is 4.99. The van der Waals surface area contributed by atoms with Crippen LogP contribution < -0.4 is 10.5 Å². The first kappa shape index (κ1) is 10.4. The second-order valence-electron chi connectivity index (χ2n) is 3.73. The molecule has 82 valence electrons. The third-order valence-electron chi connectivity index (χ3n) is 2.38. The molecule has 0 saturated carbocycles. The summed E-state index contributed by atoms with van der Waals surface area (Å²) < 4.78 is 0. The number of nitrogens with one attached hydrogen (secondary N) is 1. The van der Waals surface area contributed by atoms with Gasteiger partial charge in [0.25, 0.3) is 5.56 Å². The number of aromatic nitrogens is 2. The van der Waals surface area contributed by atoms with E-state index in [2.05, 4.69) is 9.97 Å². The molecule has 0 bridgehead atoms. The SMILES string of the molecule is CN(C)c1cc(-c2ccncc2)c[nH]c1=O. The largest absolute Gasteiger partial charge is 0.373 e. The highest BCUT2D eigenvalue weighted by atomic mass is 16.1. The van der Waals surface area contributed by atoms with Crippen LogP contribution in [0.25, 0.3) is 11.1 Å². The summed E-state index contributed by atoms with van der Waals surface area (Å²) in [6.45, 7) is 0. The lowest BCUT2D eigenvalue weighted by Crippen LogP contribution is -2.20. The molecular formula is C12H13N3O. The predicted molar refractivity (Wildman–Crippen MR) is 64.6 cm³/mol. The number of H-pyrrole nitrogens is 1. The minimum absolute atomic E-state index is 0.0807. The van der Waals surface area contributed by atoms with Gasteiger partial charge in [-0.3, -0.25) is 9.78 Å². The summed E-state index contributed by atoms with van der Waals surface area (Å²) in [6, 6.07) is 5.69. The van der Waals surface area contributed by atoms with Crippen LogP contribution in [0.1, 0.15) is 0 Å². The van der Waals surface area contributed by atoms with Gasteiger partial charge in [0, 0.05) is 38.2 Å². The Labute approximate surface area is 93.6 Å². The van der Waals surface area contributed by atoms with E-state index in [1.54, 1.807) is 23.5 Å². The second kappa shape index (κ2) is 4.18. The highest BCUT2D eigenvalue weighted by Crippen LogP contribution is 2.19. The van der Waals surface area contributed by atoms with Gasteiger partial charge in [-0.1, -0.05) is 0 Å². The number of anilines is 1. The third-order valence-corrected chi connectivity index (χ3v) is 2.38. The predicted octanol–water partition coefficient (Wildman–Crippen LogP) is 1.50. The van der Waals surface area contributed by atoms with E-state index in [0.717, 1.165) is 11.1 Å². The summed E-state index contributed by atoms with van der Waals surface area (Å²) in [7, 11) is 3.70. The van der Waals surface area contributed by atoms with E-state index in [1.165, 1.54) is 0 Å². The Morgan fingerprint density at radius 1 is 1.19 bits per heavy atom. The minimum atomic E-state index is -0.0807. The highest BCUT2D eigenvalue weighted by molar-refractivity contribution is 5.66. The van der Waals surface area contributed by atoms with Crippen molar-refractivity contribution >= 4 is 5.69 Å². The van der Waals surface area contributed by atoms with E-state index in [9.17, 15) is 4.79 Å². The molecule has 0 aliphatic heterocycles. The molecule has 0 saturated heterocycles. The number of aromatic amines is 1. The summed E-state index contributed by atoms with van der Waals surface area (Å²) >= 11 is 0. The molecule has 4 nitrogen and oxygen atoms in total. The maximum absolute atomic E-state index is 11.5. The molecule has 2 heterocycles. The van der Waals surface area contributed by atoms with Crippen molar-refractivity contribution in [3.05, 3.63) is 47.1 Å². The fourth-order valence-corrected chi connectivity index (χ4v) is 1.51. The Bertz CT molecular complexity index is 531. The van der Waals surface area contributed by atoms with Crippen molar-refractivity contribution in [1.82, 2.24) is 9.97 Å². The molecule has 16 heavy (non-hydrogen) atoms. The quantitative estimate of drug-likeness (QED) is 0.826. The Kier molecular flexibility index (Phi) is 2.72. The molecule has 1 N–H and O–H groups in total. The van der Waals surface area contributed by atoms with Crippen molar-refractivity contribution in [2.24, 2.45) is 0 Å². The van der Waals surface area contributed by atoms with Crippen LogP contribution in [0.3, 0.4) is 0 Å². The fourth-order valence-electron chi connectivity index (χ4n) is 1.51. The van der Waals surface area contributed by atoms with Gasteiger partial charge in [0.05, 0.1) is 0 Å². The molecule has 0 atom stereocenters. The zero-order valence-corrected chi connectivity index (χ0v) is 9.27. The first-order valence-electron chi connectivity index (χ1n) is 4.99. The van der Waals surface area contributed by atoms with E-state index in [1.807, 2.05) is 32.3 Å². The van der Waals surface area contributed by atoms with E-state index >= 15 is 0 Å². The van der Waals surface area contributed by atoms with Crippen molar-refractivity contribution in [2.75, 3.05) is 19.0 Å². The van der Waals surface area contributed by atoms with Crippen LogP contribution in [0.2, 0.25) is 0 Å². The van der Waals surface area contributed by atoms with Gasteiger partial charge >= 0.3 is 0 Å². The molecule has 4 heteroatoms. The van der Waals surface area contributed by atoms with Gasteiger partial charge in [0.15, 0.2) is 0 Å². The van der Waals surface area contributed by atoms with Crippen LogP contribution in [-0.2, 0) is 0 Å². The Balaban J connectivity index is 2.52. The molecule has 0 unspecified atom stereocenters. The van der Waals surface area contributed by atoms with Gasteiger partial charge in [0.2, 0.25) is 0 Å². The molecule has 2 rings (SSSR count). The number of rotatable bonds is 2. The first-order chi connectivity index (χ1) is 7.68. The van der Waals surface area contributed by atoms with E-state index in [-0.39, 0.29) is 5.56 Å². The fraction of sp³-hybridized carbons (Fsp3) is 0.167. The summed E-state index contributed by atoms with van der Waals surface area (Å²) in [5, 5.41) is 0. The van der Waals surface area contributed by atoms with Crippen molar-refractivity contribution in [3.63, 3.8) is 0 Å². The van der Waals surface area contributed by atoms with Gasteiger partial charge < -0.3 is 9.88 Å². The molecule has 0 spiro atoms. The van der Waals surface area contributed by atoms with Crippen LogP contribution in [-0.4, -0.2) is 24.1 Å². The Hall–Kier alpha value is -2.10. The average molecular weight is 215 g/mol. The lowest BCUT2D eigenvalue weighted by atomic mass is 10.1. The van der Waals surface area contributed by atoms with Crippen molar-refractivity contribution < 1.29 is 0 Å². The standard InChI is InChI=1S/C12H13N3O/c1-15(2)11-7-10(8-14-12(11)16)9-3-5-13-6-4-9/h3-8H,1-2H3,(H,14,16). The molecule has 0 fully saturated rings. The normalized spacial score (nSPS) is 10.1. The van der Waals surface area contributed by atoms with Crippen LogP contribution in [0.4, 0.5) is 5.69 Å². The third kappa shape index (κ3) is 1.95. The smallest absolute Gasteiger partial charge is 0.271 e. The summed E-state index contributed by atoms with van der Waals surface area (Å²) in [5.41, 5.74) is 2.58. The van der Waals surface area contributed by atoms with Gasteiger partial charge in [-0.25, -0.2) is 0 Å². The topological polar surface area (TPSA) is 49.0 Å². The molecule has 0 aliphatic carbocycles. The van der Waals surface area contributed by atoms with Crippen molar-refractivity contribution in [3.8, 4) is 11.1 Å². The maximum Gasteiger partial charge on any atom is 0.271 e. The minimum Gasteiger partial charge on any atom is -0.373 e. The zero-order chi connectivity index (χ0) is 11.5. The molecule has 0 amide bonds. The lowest BCUT2D eigenvalue weighted by molar-refractivity contribution is 1.08. The maximum atomic E-state index is 11.5. The number of hydrogen-bond acceptors (Lipinski definition) is 3. The van der Waals surface area contributed by atoms with Gasteiger partial charge in [-0.05, 0) is 23.8 Å². The molecule has 2 aromatic rings. The Morgan fingerprint density at radius 2 is 1.88 bits per heavy atom. The summed E-state index contributed by atoms with van der Waals surface area (Å²) in [6.07, 6.45) is 5.18. The van der Waals surface area contributed by atoms with Crippen LogP contribution in [0.15, 0.2) is 41.6 Å². The van der Waals surface area contributed by atoms with Crippen LogP contribution in [0, 0.1) is 0 Å². The van der Waals surface area contributed by atoms with E-state index in [4.69, 9.17) is 0 Å². The van der Waals surface area contributed by atoms with Crippen molar-refractivity contribution in [2.45, 2.75) is 0 Å². The molecule has 0 radical (unpaired) electrons. The monoisotopic (exact) mass is 215 g/mol. The second-order valence-corrected chi connectivity index (χ2v) is 3.73. The number of nitrogens with zero attached hydrogens (tertiary/aromatic N) is 2. The molecule has 2 aromatic heterocycles. The molecule has 0 aromatic carbocycles. The number of pyridine rings is 2. The average Bonchev–Trinajstić information content (AvgIpc) is 2.30. The van der Waals surface area contributed by atoms with Crippen molar-refractivity contribution in [1.29, 1.82) is 0 Å². The molecule has 0 aliphatic rings. The van der Waals surface area contributed by atoms with Gasteiger partial charge in [-0.15, -0.1) is 0 Å². The highest BCUT2D eigenvalue weighted by Gasteiger charge is 2.04. The van der Waals surface area contributed by atoms with Crippen LogP contribution >= 0.6 is 0 Å². The number of hydrogen-bond donors (Lipinski definition) is 1. The Morgan fingerprint density at radius 3 is 2.50 bits per heavy atom. The molecular weight excluding hydrogens is 202 g/mol. The summed E-state index contributed by atoms with van der Waals surface area (Å²) in [4.78, 5) is 20.0. The zero-order valence-electron chi connectivity index (χ0n) is 9.27. The summed E-state index contributed by atoms with van der Waals surface area (Å²) in [5.74, 6) is 0. The van der Waals surface area contributed by atoms with Gasteiger partial charge in [0.1, 0.15) is 5.69 Å². The van der Waals surface area contributed by atoms with E-state index < -0.39 is 0 Å². The van der Waals surface area contributed by atoms with Crippen LogP contribution in [0.5, 0.6) is 0 Å².